The molecule has 0 aromatic carbocycles. The van der Waals surface area contributed by atoms with Crippen molar-refractivity contribution in [1.29, 1.82) is 0 Å². The molecular weight excluding hydrogens is 267 g/mol. The maximum atomic E-state index is 13.9. The molecule has 8 heteroatoms. The lowest BCUT2D eigenvalue weighted by Crippen LogP contribution is -2.48. The fourth-order valence-corrected chi connectivity index (χ4v) is 2.06. The largest absolute Gasteiger partial charge is 0.465 e. The predicted molar refractivity (Wildman–Crippen MR) is 69.4 cm³/mol. The van der Waals surface area contributed by atoms with Gasteiger partial charge in [-0.25, -0.2) is 9.78 Å². The number of piperazine rings is 1. The molecule has 108 valence electrons. The van der Waals surface area contributed by atoms with Crippen LogP contribution < -0.4 is 10.2 Å². The summed E-state index contributed by atoms with van der Waals surface area (Å²) in [5.41, 5.74) is 0.292. The van der Waals surface area contributed by atoms with Gasteiger partial charge in [0, 0.05) is 33.2 Å². The molecule has 1 fully saturated rings. The van der Waals surface area contributed by atoms with Crippen LogP contribution in [0, 0.1) is 5.95 Å². The molecule has 2 amide bonds. The molecule has 2 rings (SSSR count). The Morgan fingerprint density at radius 1 is 1.30 bits per heavy atom. The first-order valence-corrected chi connectivity index (χ1v) is 6.14. The molecule has 1 aromatic rings. The Hall–Kier alpha value is -2.38. The molecular formula is C12H15FN4O3. The predicted octanol–water partition coefficient (Wildman–Crippen LogP) is 0.380. The van der Waals surface area contributed by atoms with Crippen molar-refractivity contribution in [2.24, 2.45) is 0 Å². The number of hydrogen-bond acceptors (Lipinski definition) is 4. The van der Waals surface area contributed by atoms with Gasteiger partial charge < -0.3 is 20.2 Å². The molecule has 1 aliphatic rings. The minimum Gasteiger partial charge on any atom is -0.465 e. The first kappa shape index (κ1) is 14.0. The van der Waals surface area contributed by atoms with Crippen LogP contribution in [0.1, 0.15) is 10.5 Å². The molecule has 2 N–H and O–H groups in total. The molecule has 0 saturated carbocycles. The summed E-state index contributed by atoms with van der Waals surface area (Å²) in [7, 11) is 1.45. The molecule has 0 aliphatic carbocycles. The summed E-state index contributed by atoms with van der Waals surface area (Å²) < 4.78 is 13.9. The SMILES string of the molecule is CNC(=O)c1ccc(N2CCN(C(=O)O)CC2)c(F)n1. The fraction of sp³-hybridized carbons (Fsp3) is 0.417. The molecule has 1 aromatic heterocycles. The lowest BCUT2D eigenvalue weighted by atomic mass is 10.2. The van der Waals surface area contributed by atoms with E-state index in [9.17, 15) is 14.0 Å². The van der Waals surface area contributed by atoms with Crippen LogP contribution in [0.5, 0.6) is 0 Å². The summed E-state index contributed by atoms with van der Waals surface area (Å²) >= 11 is 0. The molecule has 2 heterocycles. The first-order valence-electron chi connectivity index (χ1n) is 6.14. The average molecular weight is 282 g/mol. The molecule has 7 nitrogen and oxygen atoms in total. The molecule has 0 radical (unpaired) electrons. The van der Waals surface area contributed by atoms with E-state index in [1.807, 2.05) is 0 Å². The molecule has 0 atom stereocenters. The Morgan fingerprint density at radius 3 is 2.45 bits per heavy atom. The number of anilines is 1. The van der Waals surface area contributed by atoms with Crippen LogP contribution in [0.2, 0.25) is 0 Å². The topological polar surface area (TPSA) is 85.8 Å². The number of halogens is 1. The third kappa shape index (κ3) is 2.79. The zero-order valence-electron chi connectivity index (χ0n) is 11.0. The van der Waals surface area contributed by atoms with E-state index in [1.54, 1.807) is 4.90 Å². The van der Waals surface area contributed by atoms with Gasteiger partial charge in [-0.2, -0.15) is 4.39 Å². The summed E-state index contributed by atoms with van der Waals surface area (Å²) in [5, 5.41) is 11.2. The Morgan fingerprint density at radius 2 is 1.95 bits per heavy atom. The molecule has 0 unspecified atom stereocenters. The van der Waals surface area contributed by atoms with Gasteiger partial charge in [-0.3, -0.25) is 4.79 Å². The number of nitrogens with zero attached hydrogens (tertiary/aromatic N) is 3. The molecule has 0 spiro atoms. The minimum atomic E-state index is -0.974. The Labute approximate surface area is 115 Å². The minimum absolute atomic E-state index is 0.0120. The van der Waals surface area contributed by atoms with Gasteiger partial charge >= 0.3 is 6.09 Å². The number of carbonyl (C=O) groups excluding carboxylic acids is 1. The van der Waals surface area contributed by atoms with Crippen LogP contribution in [-0.4, -0.2) is 60.2 Å². The maximum absolute atomic E-state index is 13.9. The van der Waals surface area contributed by atoms with Crippen molar-refractivity contribution in [3.05, 3.63) is 23.8 Å². The first-order chi connectivity index (χ1) is 9.52. The highest BCUT2D eigenvalue weighted by atomic mass is 19.1. The van der Waals surface area contributed by atoms with E-state index in [0.717, 1.165) is 0 Å². The highest BCUT2D eigenvalue weighted by molar-refractivity contribution is 5.92. The highest BCUT2D eigenvalue weighted by Gasteiger charge is 2.23. The van der Waals surface area contributed by atoms with Gasteiger partial charge in [-0.05, 0) is 12.1 Å². The summed E-state index contributed by atoms with van der Waals surface area (Å²) in [4.78, 5) is 28.8. The van der Waals surface area contributed by atoms with Crippen LogP contribution in [0.25, 0.3) is 0 Å². The van der Waals surface area contributed by atoms with Gasteiger partial charge in [-0.1, -0.05) is 0 Å². The van der Waals surface area contributed by atoms with Gasteiger partial charge in [-0.15, -0.1) is 0 Å². The van der Waals surface area contributed by atoms with Gasteiger partial charge in [0.15, 0.2) is 0 Å². The average Bonchev–Trinajstić information content (AvgIpc) is 2.46. The van der Waals surface area contributed by atoms with Crippen LogP contribution in [-0.2, 0) is 0 Å². The van der Waals surface area contributed by atoms with Gasteiger partial charge in [0.1, 0.15) is 5.69 Å². The monoisotopic (exact) mass is 282 g/mol. The Balaban J connectivity index is 2.11. The van der Waals surface area contributed by atoms with Gasteiger partial charge in [0.2, 0.25) is 5.95 Å². The number of rotatable bonds is 2. The number of amides is 2. The third-order valence-electron chi connectivity index (χ3n) is 3.18. The number of nitrogens with one attached hydrogen (secondary N) is 1. The zero-order chi connectivity index (χ0) is 14.7. The number of carbonyl (C=O) groups is 2. The van der Waals surface area contributed by atoms with Crippen molar-refractivity contribution in [1.82, 2.24) is 15.2 Å². The standard InChI is InChI=1S/C12H15FN4O3/c1-14-11(18)8-2-3-9(10(13)15-8)16-4-6-17(7-5-16)12(19)20/h2-3H,4-7H2,1H3,(H,14,18)(H,19,20). The fourth-order valence-electron chi connectivity index (χ4n) is 2.06. The molecule has 1 aliphatic heterocycles. The van der Waals surface area contributed by atoms with Gasteiger partial charge in [0.25, 0.3) is 5.91 Å². The van der Waals surface area contributed by atoms with Crippen molar-refractivity contribution in [3.8, 4) is 0 Å². The second-order valence-electron chi connectivity index (χ2n) is 4.34. The van der Waals surface area contributed by atoms with E-state index in [-0.39, 0.29) is 11.4 Å². The lowest BCUT2D eigenvalue weighted by Gasteiger charge is -2.34. The maximum Gasteiger partial charge on any atom is 0.407 e. The van der Waals surface area contributed by atoms with Crippen molar-refractivity contribution >= 4 is 17.7 Å². The number of aromatic nitrogens is 1. The van der Waals surface area contributed by atoms with E-state index >= 15 is 0 Å². The van der Waals surface area contributed by atoms with E-state index in [2.05, 4.69) is 10.3 Å². The summed E-state index contributed by atoms with van der Waals surface area (Å²) in [6, 6.07) is 2.93. The van der Waals surface area contributed by atoms with Crippen LogP contribution in [0.15, 0.2) is 12.1 Å². The summed E-state index contributed by atoms with van der Waals surface area (Å²) in [5.74, 6) is -1.18. The van der Waals surface area contributed by atoms with E-state index in [1.165, 1.54) is 24.1 Å². The number of carboxylic acid groups (broad SMARTS) is 1. The van der Waals surface area contributed by atoms with E-state index in [0.29, 0.717) is 26.2 Å². The van der Waals surface area contributed by atoms with Crippen molar-refractivity contribution in [2.75, 3.05) is 38.1 Å². The molecule has 0 bridgehead atoms. The smallest absolute Gasteiger partial charge is 0.407 e. The Kier molecular flexibility index (Phi) is 4.02. The van der Waals surface area contributed by atoms with Gasteiger partial charge in [0.05, 0.1) is 5.69 Å². The quantitative estimate of drug-likeness (QED) is 0.766. The normalized spacial score (nSPS) is 15.1. The summed E-state index contributed by atoms with van der Waals surface area (Å²) in [6.07, 6.45) is -0.974. The molecule has 1 saturated heterocycles. The highest BCUT2D eigenvalue weighted by Crippen LogP contribution is 2.19. The van der Waals surface area contributed by atoms with Crippen LogP contribution in [0.3, 0.4) is 0 Å². The van der Waals surface area contributed by atoms with E-state index in [4.69, 9.17) is 5.11 Å². The zero-order valence-corrected chi connectivity index (χ0v) is 11.0. The summed E-state index contributed by atoms with van der Waals surface area (Å²) in [6.45, 7) is 1.41. The number of hydrogen-bond donors (Lipinski definition) is 2. The van der Waals surface area contributed by atoms with Crippen molar-refractivity contribution in [3.63, 3.8) is 0 Å². The lowest BCUT2D eigenvalue weighted by molar-refractivity contribution is 0.0957. The number of pyridine rings is 1. The Bertz CT molecular complexity index is 529. The second-order valence-corrected chi connectivity index (χ2v) is 4.34. The van der Waals surface area contributed by atoms with Crippen LogP contribution >= 0.6 is 0 Å². The van der Waals surface area contributed by atoms with Crippen molar-refractivity contribution < 1.29 is 19.1 Å². The third-order valence-corrected chi connectivity index (χ3v) is 3.18. The second kappa shape index (κ2) is 5.72. The van der Waals surface area contributed by atoms with E-state index < -0.39 is 17.9 Å². The molecule has 20 heavy (non-hydrogen) atoms. The van der Waals surface area contributed by atoms with Crippen LogP contribution in [0.4, 0.5) is 14.9 Å². The van der Waals surface area contributed by atoms with Crippen molar-refractivity contribution in [2.45, 2.75) is 0 Å².